The van der Waals surface area contributed by atoms with Crippen molar-refractivity contribution in [2.24, 2.45) is 0 Å². The molecule has 0 unspecified atom stereocenters. The van der Waals surface area contributed by atoms with Crippen molar-refractivity contribution in [3.8, 4) is 17.5 Å². The van der Waals surface area contributed by atoms with Gasteiger partial charge in [0.05, 0.1) is 6.07 Å². The highest BCUT2D eigenvalue weighted by molar-refractivity contribution is 5.59. The van der Waals surface area contributed by atoms with Crippen LogP contribution in [0.25, 0.3) is 11.4 Å². The molecule has 0 atom stereocenters. The second-order valence-corrected chi connectivity index (χ2v) is 3.63. The van der Waals surface area contributed by atoms with Gasteiger partial charge < -0.3 is 4.52 Å². The number of hydrogen-bond acceptors (Lipinski definition) is 4. The van der Waals surface area contributed by atoms with Crippen LogP contribution >= 0.6 is 0 Å². The Bertz CT molecular complexity index is 571. The van der Waals surface area contributed by atoms with Gasteiger partial charge in [0.2, 0.25) is 11.7 Å². The summed E-state index contributed by atoms with van der Waals surface area (Å²) in [5.74, 6) is 0.556. The summed E-state index contributed by atoms with van der Waals surface area (Å²) in [5, 5.41) is 12.3. The first-order chi connectivity index (χ1) is 8.20. The average Bonchev–Trinajstić information content (AvgIpc) is 2.75. The maximum Gasteiger partial charge on any atom is 0.227 e. The number of aryl methyl sites for hydroxylation is 2. The van der Waals surface area contributed by atoms with E-state index >= 15 is 0 Å². The van der Waals surface area contributed by atoms with E-state index in [1.807, 2.05) is 6.07 Å². The monoisotopic (exact) mass is 231 g/mol. The fourth-order valence-electron chi connectivity index (χ4n) is 1.51. The molecule has 86 valence electrons. The van der Waals surface area contributed by atoms with Gasteiger partial charge in [0.25, 0.3) is 0 Å². The Labute approximate surface area is 97.7 Å². The van der Waals surface area contributed by atoms with Crippen LogP contribution in [0.2, 0.25) is 0 Å². The normalized spacial score (nSPS) is 10.2. The van der Waals surface area contributed by atoms with Crippen molar-refractivity contribution < 1.29 is 8.91 Å². The van der Waals surface area contributed by atoms with Gasteiger partial charge in [0.1, 0.15) is 5.82 Å². The number of halogens is 1. The molecule has 1 heterocycles. The van der Waals surface area contributed by atoms with Crippen LogP contribution in [0.5, 0.6) is 0 Å². The van der Waals surface area contributed by atoms with E-state index in [4.69, 9.17) is 9.78 Å². The topological polar surface area (TPSA) is 62.7 Å². The molecule has 0 bridgehead atoms. The standard InChI is InChI=1S/C12H10FN3O/c1-8-7-9(13)4-5-10(8)12-15-11(17-16-12)3-2-6-14/h4-5,7H,2-3H2,1H3. The molecule has 0 spiro atoms. The van der Waals surface area contributed by atoms with Gasteiger partial charge in [-0.1, -0.05) is 5.16 Å². The zero-order chi connectivity index (χ0) is 12.3. The summed E-state index contributed by atoms with van der Waals surface area (Å²) in [6.07, 6.45) is 0.772. The molecule has 0 amide bonds. The highest BCUT2D eigenvalue weighted by Crippen LogP contribution is 2.21. The molecule has 0 fully saturated rings. The number of benzene rings is 1. The van der Waals surface area contributed by atoms with E-state index in [9.17, 15) is 4.39 Å². The fraction of sp³-hybridized carbons (Fsp3) is 0.250. The van der Waals surface area contributed by atoms with Crippen LogP contribution in [0.1, 0.15) is 17.9 Å². The zero-order valence-corrected chi connectivity index (χ0v) is 9.27. The molecule has 5 heteroatoms. The maximum absolute atomic E-state index is 12.9. The molecule has 0 aliphatic rings. The van der Waals surface area contributed by atoms with E-state index in [2.05, 4.69) is 10.1 Å². The molecule has 1 aromatic carbocycles. The fourth-order valence-corrected chi connectivity index (χ4v) is 1.51. The molecule has 0 N–H and O–H groups in total. The van der Waals surface area contributed by atoms with Gasteiger partial charge in [0.15, 0.2) is 0 Å². The second kappa shape index (κ2) is 4.74. The lowest BCUT2D eigenvalue weighted by molar-refractivity contribution is 0.380. The number of rotatable bonds is 3. The molecule has 4 nitrogen and oxygen atoms in total. The van der Waals surface area contributed by atoms with Gasteiger partial charge in [-0.3, -0.25) is 0 Å². The summed E-state index contributed by atoms with van der Waals surface area (Å²) in [5.41, 5.74) is 1.48. The molecule has 17 heavy (non-hydrogen) atoms. The van der Waals surface area contributed by atoms with E-state index in [1.165, 1.54) is 12.1 Å². The summed E-state index contributed by atoms with van der Waals surface area (Å²) < 4.78 is 17.9. The molecule has 0 aliphatic carbocycles. The van der Waals surface area contributed by atoms with Gasteiger partial charge in [-0.05, 0) is 30.7 Å². The third-order valence-electron chi connectivity index (χ3n) is 2.35. The second-order valence-electron chi connectivity index (χ2n) is 3.63. The Hall–Kier alpha value is -2.22. The third kappa shape index (κ3) is 2.48. The summed E-state index contributed by atoms with van der Waals surface area (Å²) in [4.78, 5) is 4.16. The van der Waals surface area contributed by atoms with Crippen molar-refractivity contribution in [1.82, 2.24) is 10.1 Å². The Balaban J connectivity index is 2.28. The SMILES string of the molecule is Cc1cc(F)ccc1-c1noc(CCC#N)n1. The van der Waals surface area contributed by atoms with E-state index in [0.29, 0.717) is 24.6 Å². The summed E-state index contributed by atoms with van der Waals surface area (Å²) in [6, 6.07) is 6.39. The maximum atomic E-state index is 12.9. The lowest BCUT2D eigenvalue weighted by Crippen LogP contribution is -1.88. The largest absolute Gasteiger partial charge is 0.339 e. The summed E-state index contributed by atoms with van der Waals surface area (Å²) in [6.45, 7) is 1.78. The molecule has 0 saturated carbocycles. The number of aromatic nitrogens is 2. The van der Waals surface area contributed by atoms with Crippen molar-refractivity contribution in [3.63, 3.8) is 0 Å². The molecule has 2 aromatic rings. The van der Waals surface area contributed by atoms with Crippen molar-refractivity contribution >= 4 is 0 Å². The van der Waals surface area contributed by atoms with E-state index in [1.54, 1.807) is 13.0 Å². The van der Waals surface area contributed by atoms with Crippen molar-refractivity contribution in [2.75, 3.05) is 0 Å². The smallest absolute Gasteiger partial charge is 0.227 e. The van der Waals surface area contributed by atoms with Crippen LogP contribution in [-0.4, -0.2) is 10.1 Å². The Morgan fingerprint density at radius 3 is 3.00 bits per heavy atom. The lowest BCUT2D eigenvalue weighted by Gasteiger charge is -1.99. The summed E-state index contributed by atoms with van der Waals surface area (Å²) in [7, 11) is 0. The molecule has 1 aromatic heterocycles. The average molecular weight is 231 g/mol. The Morgan fingerprint density at radius 2 is 2.29 bits per heavy atom. The van der Waals surface area contributed by atoms with E-state index < -0.39 is 0 Å². The van der Waals surface area contributed by atoms with Crippen LogP contribution in [0.15, 0.2) is 22.7 Å². The Morgan fingerprint density at radius 1 is 1.47 bits per heavy atom. The van der Waals surface area contributed by atoms with Crippen LogP contribution in [0.4, 0.5) is 4.39 Å². The molecular weight excluding hydrogens is 221 g/mol. The predicted molar refractivity (Wildman–Crippen MR) is 58.4 cm³/mol. The van der Waals surface area contributed by atoms with Gasteiger partial charge in [0, 0.05) is 18.4 Å². The Kier molecular flexibility index (Phi) is 3.15. The van der Waals surface area contributed by atoms with Crippen LogP contribution in [0, 0.1) is 24.1 Å². The quantitative estimate of drug-likeness (QED) is 0.814. The van der Waals surface area contributed by atoms with Crippen molar-refractivity contribution in [2.45, 2.75) is 19.8 Å². The van der Waals surface area contributed by atoms with Crippen LogP contribution < -0.4 is 0 Å². The predicted octanol–water partition coefficient (Wildman–Crippen LogP) is 2.64. The number of nitriles is 1. The third-order valence-corrected chi connectivity index (χ3v) is 2.35. The highest BCUT2D eigenvalue weighted by atomic mass is 19.1. The van der Waals surface area contributed by atoms with Gasteiger partial charge in [-0.25, -0.2) is 4.39 Å². The lowest BCUT2D eigenvalue weighted by atomic mass is 10.1. The highest BCUT2D eigenvalue weighted by Gasteiger charge is 2.10. The van der Waals surface area contributed by atoms with Gasteiger partial charge in [-0.15, -0.1) is 0 Å². The molecule has 0 aliphatic heterocycles. The molecular formula is C12H10FN3O. The molecule has 2 rings (SSSR count). The summed E-state index contributed by atoms with van der Waals surface area (Å²) >= 11 is 0. The first-order valence-corrected chi connectivity index (χ1v) is 5.17. The first-order valence-electron chi connectivity index (χ1n) is 5.17. The van der Waals surface area contributed by atoms with E-state index in [-0.39, 0.29) is 5.82 Å². The van der Waals surface area contributed by atoms with Gasteiger partial charge >= 0.3 is 0 Å². The minimum Gasteiger partial charge on any atom is -0.339 e. The van der Waals surface area contributed by atoms with Crippen molar-refractivity contribution in [1.29, 1.82) is 5.26 Å². The molecule has 0 radical (unpaired) electrons. The van der Waals surface area contributed by atoms with Gasteiger partial charge in [-0.2, -0.15) is 10.2 Å². The first kappa shape index (κ1) is 11.3. The molecule has 0 saturated heterocycles. The van der Waals surface area contributed by atoms with E-state index in [0.717, 1.165) is 11.1 Å². The minimum absolute atomic E-state index is 0.292. The number of hydrogen-bond donors (Lipinski definition) is 0. The zero-order valence-electron chi connectivity index (χ0n) is 9.27. The van der Waals surface area contributed by atoms with Crippen molar-refractivity contribution in [3.05, 3.63) is 35.5 Å². The van der Waals surface area contributed by atoms with Crippen LogP contribution in [0.3, 0.4) is 0 Å². The number of nitrogens with zero attached hydrogens (tertiary/aromatic N) is 3. The van der Waals surface area contributed by atoms with Crippen LogP contribution in [-0.2, 0) is 6.42 Å². The minimum atomic E-state index is -0.292.